The molecule has 1 atom stereocenters. The Labute approximate surface area is 96.8 Å². The molecule has 3 nitrogen and oxygen atoms in total. The molecule has 1 N–H and O–H groups in total. The second-order valence-electron chi connectivity index (χ2n) is 4.23. The molecular weight excluding hydrogens is 222 g/mol. The molecule has 1 unspecified atom stereocenters. The average Bonchev–Trinajstić information content (AvgIpc) is 2.31. The van der Waals surface area contributed by atoms with Gasteiger partial charge in [-0.05, 0) is 31.9 Å². The molecule has 1 aliphatic rings. The highest BCUT2D eigenvalue weighted by Crippen LogP contribution is 2.24. The largest absolute Gasteiger partial charge is 0.381 e. The molecule has 2 rings (SSSR count). The Balaban J connectivity index is 2.27. The minimum absolute atomic E-state index is 0.0519. The van der Waals surface area contributed by atoms with Crippen LogP contribution in [0.5, 0.6) is 0 Å². The Hall–Kier alpha value is -0.870. The summed E-state index contributed by atoms with van der Waals surface area (Å²) in [6, 6.07) is 7.48. The molecule has 1 aromatic carbocycles. The maximum Gasteiger partial charge on any atom is 0.0756 e. The molecule has 0 saturated carbocycles. The van der Waals surface area contributed by atoms with Crippen molar-refractivity contribution < 1.29 is 8.95 Å². The molecule has 16 heavy (non-hydrogen) atoms. The van der Waals surface area contributed by atoms with Crippen molar-refractivity contribution in [3.63, 3.8) is 0 Å². The van der Waals surface area contributed by atoms with Crippen molar-refractivity contribution in [2.75, 3.05) is 13.2 Å². The highest BCUT2D eigenvalue weighted by molar-refractivity contribution is 7.93. The predicted octanol–water partition coefficient (Wildman–Crippen LogP) is 2.58. The van der Waals surface area contributed by atoms with Crippen molar-refractivity contribution in [1.29, 1.82) is 4.78 Å². The number of ether oxygens (including phenoxy) is 1. The summed E-state index contributed by atoms with van der Waals surface area (Å²) in [5, 5.41) is -0.0519. The second kappa shape index (κ2) is 4.55. The fraction of sp³-hybridized carbons (Fsp3) is 0.500. The van der Waals surface area contributed by atoms with Gasteiger partial charge in [0.25, 0.3) is 0 Å². The fourth-order valence-electron chi connectivity index (χ4n) is 1.94. The maximum atomic E-state index is 12.5. The zero-order valence-electron chi connectivity index (χ0n) is 9.44. The second-order valence-corrected chi connectivity index (χ2v) is 6.56. The highest BCUT2D eigenvalue weighted by Gasteiger charge is 2.25. The molecule has 0 amide bonds. The first-order chi connectivity index (χ1) is 7.60. The van der Waals surface area contributed by atoms with Gasteiger partial charge in [0.2, 0.25) is 0 Å². The lowest BCUT2D eigenvalue weighted by molar-refractivity contribution is 0.0989. The van der Waals surface area contributed by atoms with Gasteiger partial charge in [0.15, 0.2) is 0 Å². The van der Waals surface area contributed by atoms with Crippen molar-refractivity contribution >= 4 is 9.73 Å². The van der Waals surface area contributed by atoms with E-state index in [1.807, 2.05) is 31.2 Å². The molecule has 88 valence electrons. The third kappa shape index (κ3) is 2.28. The average molecular weight is 239 g/mol. The van der Waals surface area contributed by atoms with Crippen LogP contribution in [0.1, 0.15) is 18.4 Å². The fourth-order valence-corrected chi connectivity index (χ4v) is 3.72. The zero-order valence-corrected chi connectivity index (χ0v) is 10.3. The number of nitrogens with one attached hydrogen (secondary N) is 1. The number of rotatable bonds is 2. The number of hydrogen-bond acceptors (Lipinski definition) is 3. The van der Waals surface area contributed by atoms with E-state index in [-0.39, 0.29) is 5.25 Å². The van der Waals surface area contributed by atoms with Crippen molar-refractivity contribution in [2.24, 2.45) is 0 Å². The van der Waals surface area contributed by atoms with Crippen LogP contribution in [0.3, 0.4) is 0 Å². The smallest absolute Gasteiger partial charge is 0.0756 e. The molecule has 1 fully saturated rings. The Morgan fingerprint density at radius 3 is 2.38 bits per heavy atom. The van der Waals surface area contributed by atoms with Crippen LogP contribution in [0.4, 0.5) is 0 Å². The van der Waals surface area contributed by atoms with Crippen molar-refractivity contribution in [1.82, 2.24) is 0 Å². The molecule has 4 heteroatoms. The van der Waals surface area contributed by atoms with E-state index >= 15 is 0 Å². The number of aryl methyl sites for hydroxylation is 1. The van der Waals surface area contributed by atoms with E-state index in [4.69, 9.17) is 9.52 Å². The van der Waals surface area contributed by atoms with E-state index in [0.29, 0.717) is 18.1 Å². The van der Waals surface area contributed by atoms with Crippen LogP contribution < -0.4 is 0 Å². The summed E-state index contributed by atoms with van der Waals surface area (Å²) in [5.41, 5.74) is 1.13. The standard InChI is InChI=1S/C12H17NO2S/c1-10-2-4-11(5-3-10)16(13,14)12-6-8-15-9-7-12/h2-5,12-13H,6-9H2,1H3. The van der Waals surface area contributed by atoms with Gasteiger partial charge in [-0.15, -0.1) is 0 Å². The third-order valence-electron chi connectivity index (χ3n) is 3.01. The SMILES string of the molecule is Cc1ccc(S(=N)(=O)C2CCOCC2)cc1. The van der Waals surface area contributed by atoms with Gasteiger partial charge in [-0.3, -0.25) is 0 Å². The topological polar surface area (TPSA) is 50.2 Å². The third-order valence-corrected chi connectivity index (χ3v) is 5.39. The molecule has 1 saturated heterocycles. The van der Waals surface area contributed by atoms with Crippen LogP contribution in [-0.2, 0) is 14.5 Å². The van der Waals surface area contributed by atoms with E-state index in [0.717, 1.165) is 18.4 Å². The van der Waals surface area contributed by atoms with Crippen LogP contribution in [0.2, 0.25) is 0 Å². The Morgan fingerprint density at radius 2 is 1.81 bits per heavy atom. The normalized spacial score (nSPS) is 21.6. The van der Waals surface area contributed by atoms with Crippen molar-refractivity contribution in [3.8, 4) is 0 Å². The highest BCUT2D eigenvalue weighted by atomic mass is 32.2. The summed E-state index contributed by atoms with van der Waals surface area (Å²) in [7, 11) is -2.66. The lowest BCUT2D eigenvalue weighted by Crippen LogP contribution is -2.28. The summed E-state index contributed by atoms with van der Waals surface area (Å²) in [4.78, 5) is 0.657. The van der Waals surface area contributed by atoms with E-state index in [9.17, 15) is 4.21 Å². The van der Waals surface area contributed by atoms with Gasteiger partial charge >= 0.3 is 0 Å². The van der Waals surface area contributed by atoms with Crippen LogP contribution in [-0.4, -0.2) is 22.7 Å². The first-order valence-corrected chi connectivity index (χ1v) is 7.15. The Morgan fingerprint density at radius 1 is 1.25 bits per heavy atom. The van der Waals surface area contributed by atoms with Gasteiger partial charge in [-0.2, -0.15) is 0 Å². The van der Waals surface area contributed by atoms with Gasteiger partial charge in [0.05, 0.1) is 15.0 Å². The van der Waals surface area contributed by atoms with Crippen LogP contribution in [0.25, 0.3) is 0 Å². The lowest BCUT2D eigenvalue weighted by Gasteiger charge is -2.24. The summed E-state index contributed by atoms with van der Waals surface area (Å²) in [6.07, 6.45) is 1.46. The van der Waals surface area contributed by atoms with E-state index < -0.39 is 9.73 Å². The summed E-state index contributed by atoms with van der Waals surface area (Å²) >= 11 is 0. The monoisotopic (exact) mass is 239 g/mol. The maximum absolute atomic E-state index is 12.5. The predicted molar refractivity (Wildman–Crippen MR) is 64.1 cm³/mol. The minimum Gasteiger partial charge on any atom is -0.381 e. The van der Waals surface area contributed by atoms with Gasteiger partial charge in [-0.1, -0.05) is 17.7 Å². The molecule has 0 bridgehead atoms. The molecule has 0 aromatic heterocycles. The van der Waals surface area contributed by atoms with E-state index in [2.05, 4.69) is 0 Å². The van der Waals surface area contributed by atoms with Crippen molar-refractivity contribution in [2.45, 2.75) is 29.9 Å². The quantitative estimate of drug-likeness (QED) is 0.862. The van der Waals surface area contributed by atoms with Gasteiger partial charge < -0.3 is 4.74 Å². The molecule has 1 aromatic rings. The van der Waals surface area contributed by atoms with Crippen LogP contribution in [0, 0.1) is 11.7 Å². The van der Waals surface area contributed by atoms with Crippen LogP contribution >= 0.6 is 0 Å². The Kier molecular flexibility index (Phi) is 3.30. The van der Waals surface area contributed by atoms with Gasteiger partial charge in [0.1, 0.15) is 0 Å². The van der Waals surface area contributed by atoms with E-state index in [1.165, 1.54) is 0 Å². The van der Waals surface area contributed by atoms with Gasteiger partial charge in [-0.25, -0.2) is 8.99 Å². The summed E-state index contributed by atoms with van der Waals surface area (Å²) in [5.74, 6) is 0. The molecular formula is C12H17NO2S. The molecule has 0 spiro atoms. The minimum atomic E-state index is -2.66. The molecule has 0 radical (unpaired) electrons. The summed E-state index contributed by atoms with van der Waals surface area (Å²) < 4.78 is 25.8. The van der Waals surface area contributed by atoms with E-state index in [1.54, 1.807) is 0 Å². The van der Waals surface area contributed by atoms with Crippen molar-refractivity contribution in [3.05, 3.63) is 29.8 Å². The molecule has 0 aliphatic carbocycles. The number of benzene rings is 1. The number of hydrogen-bond donors (Lipinski definition) is 1. The van der Waals surface area contributed by atoms with Crippen LogP contribution in [0.15, 0.2) is 29.2 Å². The first-order valence-electron chi connectivity index (χ1n) is 5.53. The zero-order chi connectivity index (χ0) is 11.6. The first kappa shape index (κ1) is 11.6. The Bertz CT molecular complexity index is 444. The molecule has 1 aliphatic heterocycles. The van der Waals surface area contributed by atoms with Gasteiger partial charge in [0, 0.05) is 18.1 Å². The summed E-state index contributed by atoms with van der Waals surface area (Å²) in [6.45, 7) is 3.25. The molecule has 1 heterocycles. The lowest BCUT2D eigenvalue weighted by atomic mass is 10.2.